The standard InChI is InChI=1S/C19H30O2S2/c1-15(2)23(20,21)14-18-8-6-16(7-9-18)4-5-17-10-12-19(22-3)13-11-17/h10-13,15-16,18H,4-9,14H2,1-3H3. The quantitative estimate of drug-likeness (QED) is 0.648. The van der Waals surface area contributed by atoms with E-state index in [1.807, 2.05) is 0 Å². The van der Waals surface area contributed by atoms with E-state index in [-0.39, 0.29) is 5.25 Å². The molecule has 1 fully saturated rings. The topological polar surface area (TPSA) is 34.1 Å². The van der Waals surface area contributed by atoms with E-state index in [1.165, 1.54) is 29.7 Å². The minimum Gasteiger partial charge on any atom is -0.229 e. The lowest BCUT2D eigenvalue weighted by Crippen LogP contribution is -2.26. The van der Waals surface area contributed by atoms with Crippen molar-refractivity contribution >= 4 is 21.6 Å². The van der Waals surface area contributed by atoms with Crippen molar-refractivity contribution < 1.29 is 8.42 Å². The average Bonchev–Trinajstić information content (AvgIpc) is 2.54. The molecule has 2 nitrogen and oxygen atoms in total. The van der Waals surface area contributed by atoms with E-state index in [1.54, 1.807) is 25.6 Å². The van der Waals surface area contributed by atoms with Crippen molar-refractivity contribution in [3.05, 3.63) is 29.8 Å². The van der Waals surface area contributed by atoms with E-state index in [0.29, 0.717) is 11.7 Å². The largest absolute Gasteiger partial charge is 0.229 e. The lowest BCUT2D eigenvalue weighted by molar-refractivity contribution is 0.278. The van der Waals surface area contributed by atoms with Gasteiger partial charge in [0.15, 0.2) is 9.84 Å². The molecule has 0 N–H and O–H groups in total. The van der Waals surface area contributed by atoms with Crippen molar-refractivity contribution in [3.8, 4) is 0 Å². The fourth-order valence-corrected chi connectivity index (χ4v) is 5.15. The summed E-state index contributed by atoms with van der Waals surface area (Å²) in [4.78, 5) is 1.32. The van der Waals surface area contributed by atoms with Crippen LogP contribution in [0, 0.1) is 11.8 Å². The predicted molar refractivity (Wildman–Crippen MR) is 101 cm³/mol. The zero-order chi connectivity index (χ0) is 16.9. The first-order chi connectivity index (χ1) is 10.9. The van der Waals surface area contributed by atoms with E-state index in [0.717, 1.165) is 25.2 Å². The van der Waals surface area contributed by atoms with Gasteiger partial charge in [-0.3, -0.25) is 0 Å². The minimum absolute atomic E-state index is 0.232. The van der Waals surface area contributed by atoms with Gasteiger partial charge in [0, 0.05) is 4.90 Å². The lowest BCUT2D eigenvalue weighted by Gasteiger charge is -2.28. The van der Waals surface area contributed by atoms with Crippen LogP contribution < -0.4 is 0 Å². The molecule has 1 aliphatic carbocycles. The smallest absolute Gasteiger partial charge is 0.152 e. The summed E-state index contributed by atoms with van der Waals surface area (Å²) in [7, 11) is -2.88. The number of hydrogen-bond acceptors (Lipinski definition) is 3. The fraction of sp³-hybridized carbons (Fsp3) is 0.684. The SMILES string of the molecule is CSc1ccc(CCC2CCC(CS(=O)(=O)C(C)C)CC2)cc1. The Bertz CT molecular complexity index is 568. The first-order valence-electron chi connectivity index (χ1n) is 8.75. The van der Waals surface area contributed by atoms with E-state index in [2.05, 4.69) is 30.5 Å². The maximum atomic E-state index is 12.0. The first-order valence-corrected chi connectivity index (χ1v) is 11.7. The highest BCUT2D eigenvalue weighted by atomic mass is 32.2. The summed E-state index contributed by atoms with van der Waals surface area (Å²) in [6.07, 6.45) is 9.05. The van der Waals surface area contributed by atoms with Gasteiger partial charge >= 0.3 is 0 Å². The van der Waals surface area contributed by atoms with Crippen molar-refractivity contribution in [1.82, 2.24) is 0 Å². The zero-order valence-electron chi connectivity index (χ0n) is 14.6. The number of rotatable bonds is 7. The second-order valence-electron chi connectivity index (χ2n) is 7.15. The van der Waals surface area contributed by atoms with E-state index in [4.69, 9.17) is 0 Å². The Morgan fingerprint density at radius 2 is 1.61 bits per heavy atom. The molecule has 1 aliphatic rings. The number of aryl methyl sites for hydroxylation is 1. The van der Waals surface area contributed by atoms with Gasteiger partial charge in [-0.05, 0) is 75.3 Å². The Labute approximate surface area is 146 Å². The molecule has 0 bridgehead atoms. The van der Waals surface area contributed by atoms with Gasteiger partial charge in [0.2, 0.25) is 0 Å². The lowest BCUT2D eigenvalue weighted by atomic mass is 9.80. The van der Waals surface area contributed by atoms with Gasteiger partial charge < -0.3 is 0 Å². The molecule has 4 heteroatoms. The second-order valence-corrected chi connectivity index (χ2v) is 10.6. The molecule has 0 aromatic heterocycles. The van der Waals surface area contributed by atoms with Gasteiger partial charge in [-0.2, -0.15) is 0 Å². The molecule has 1 aromatic carbocycles. The van der Waals surface area contributed by atoms with Crippen LogP contribution in [0.15, 0.2) is 29.2 Å². The van der Waals surface area contributed by atoms with Crippen LogP contribution in [-0.2, 0) is 16.3 Å². The van der Waals surface area contributed by atoms with Crippen molar-refractivity contribution in [3.63, 3.8) is 0 Å². The van der Waals surface area contributed by atoms with Crippen molar-refractivity contribution in [2.75, 3.05) is 12.0 Å². The third kappa shape index (κ3) is 5.82. The zero-order valence-corrected chi connectivity index (χ0v) is 16.3. The number of thioether (sulfide) groups is 1. The molecule has 0 radical (unpaired) electrons. The molecule has 0 heterocycles. The molecule has 23 heavy (non-hydrogen) atoms. The minimum atomic E-state index is -2.88. The van der Waals surface area contributed by atoms with Gasteiger partial charge in [-0.25, -0.2) is 8.42 Å². The maximum absolute atomic E-state index is 12.0. The normalized spacial score (nSPS) is 22.4. The van der Waals surface area contributed by atoms with Crippen LogP contribution in [0.1, 0.15) is 51.5 Å². The maximum Gasteiger partial charge on any atom is 0.152 e. The van der Waals surface area contributed by atoms with Crippen molar-refractivity contribution in [2.24, 2.45) is 11.8 Å². The van der Waals surface area contributed by atoms with Crippen LogP contribution >= 0.6 is 11.8 Å². The Balaban J connectivity index is 1.74. The Morgan fingerprint density at radius 3 is 2.13 bits per heavy atom. The van der Waals surface area contributed by atoms with Crippen molar-refractivity contribution in [2.45, 2.75) is 62.5 Å². The predicted octanol–water partition coefficient (Wildman–Crippen LogP) is 4.97. The first kappa shape index (κ1) is 18.9. The molecular weight excluding hydrogens is 324 g/mol. The van der Waals surface area contributed by atoms with E-state index >= 15 is 0 Å². The van der Waals surface area contributed by atoms with E-state index < -0.39 is 9.84 Å². The highest BCUT2D eigenvalue weighted by molar-refractivity contribution is 7.98. The Hall–Kier alpha value is -0.480. The molecule has 0 saturated heterocycles. The Morgan fingerprint density at radius 1 is 1.04 bits per heavy atom. The molecule has 0 spiro atoms. The van der Waals surface area contributed by atoms with Gasteiger partial charge in [-0.1, -0.05) is 25.0 Å². The summed E-state index contributed by atoms with van der Waals surface area (Å²) < 4.78 is 24.1. The monoisotopic (exact) mass is 354 g/mol. The summed E-state index contributed by atoms with van der Waals surface area (Å²) >= 11 is 1.78. The van der Waals surface area contributed by atoms with Gasteiger partial charge in [0.1, 0.15) is 0 Å². The van der Waals surface area contributed by atoms with Crippen LogP contribution in [0.3, 0.4) is 0 Å². The molecule has 1 aromatic rings. The third-order valence-electron chi connectivity index (χ3n) is 5.15. The highest BCUT2D eigenvalue weighted by Gasteiger charge is 2.27. The summed E-state index contributed by atoms with van der Waals surface area (Å²) in [5, 5.41) is -0.232. The van der Waals surface area contributed by atoms with Crippen molar-refractivity contribution in [1.29, 1.82) is 0 Å². The van der Waals surface area contributed by atoms with Crippen LogP contribution in [0.2, 0.25) is 0 Å². The molecule has 0 amide bonds. The summed E-state index contributed by atoms with van der Waals surface area (Å²) in [6.45, 7) is 3.59. The Kier molecular flexibility index (Phi) is 7.02. The molecule has 0 atom stereocenters. The summed E-state index contributed by atoms with van der Waals surface area (Å²) in [6, 6.07) is 8.89. The fourth-order valence-electron chi connectivity index (χ4n) is 3.37. The number of sulfone groups is 1. The van der Waals surface area contributed by atoms with E-state index in [9.17, 15) is 8.42 Å². The van der Waals surface area contributed by atoms with Gasteiger partial charge in [0.05, 0.1) is 11.0 Å². The van der Waals surface area contributed by atoms with Crippen LogP contribution in [0.5, 0.6) is 0 Å². The summed E-state index contributed by atoms with van der Waals surface area (Å²) in [5.41, 5.74) is 1.42. The molecule has 0 aliphatic heterocycles. The summed E-state index contributed by atoms with van der Waals surface area (Å²) in [5.74, 6) is 1.56. The molecule has 1 saturated carbocycles. The second kappa shape index (κ2) is 8.57. The van der Waals surface area contributed by atoms with Gasteiger partial charge in [-0.15, -0.1) is 11.8 Å². The molecule has 0 unspecified atom stereocenters. The average molecular weight is 355 g/mol. The number of hydrogen-bond donors (Lipinski definition) is 0. The van der Waals surface area contributed by atoms with Crippen LogP contribution in [0.4, 0.5) is 0 Å². The molecule has 2 rings (SSSR count). The van der Waals surface area contributed by atoms with Crippen LogP contribution in [-0.4, -0.2) is 25.7 Å². The molecular formula is C19H30O2S2. The van der Waals surface area contributed by atoms with Crippen LogP contribution in [0.25, 0.3) is 0 Å². The highest BCUT2D eigenvalue weighted by Crippen LogP contribution is 2.33. The third-order valence-corrected chi connectivity index (χ3v) is 8.27. The number of benzene rings is 1. The molecule has 130 valence electrons. The van der Waals surface area contributed by atoms with Gasteiger partial charge in [0.25, 0.3) is 0 Å².